The molecule has 0 N–H and O–H groups in total. The van der Waals surface area contributed by atoms with Crippen molar-refractivity contribution in [1.82, 2.24) is 10.2 Å². The maximum Gasteiger partial charge on any atom is 0.208 e. The number of unbranched alkanes of at least 4 members (excludes halogenated alkanes) is 1. The van der Waals surface area contributed by atoms with E-state index in [2.05, 4.69) is 41.1 Å². The molecule has 2 rings (SSSR count). The number of hydrogen-bond donors (Lipinski definition) is 0. The molecule has 0 unspecified atom stereocenters. The van der Waals surface area contributed by atoms with E-state index < -0.39 is 0 Å². The van der Waals surface area contributed by atoms with Gasteiger partial charge in [-0.25, -0.2) is 0 Å². The third-order valence-electron chi connectivity index (χ3n) is 2.87. The maximum absolute atomic E-state index is 4.31. The summed E-state index contributed by atoms with van der Waals surface area (Å²) in [5.41, 5.74) is 1.15. The number of rotatable bonds is 6. The van der Waals surface area contributed by atoms with Gasteiger partial charge >= 0.3 is 0 Å². The molecule has 0 saturated heterocycles. The Kier molecular flexibility index (Phi) is 4.70. The van der Waals surface area contributed by atoms with E-state index in [0.29, 0.717) is 0 Å². The number of benzene rings is 1. The molecule has 0 saturated carbocycles. The second-order valence-electron chi connectivity index (χ2n) is 4.19. The molecule has 0 amide bonds. The van der Waals surface area contributed by atoms with Gasteiger partial charge in [-0.05, 0) is 13.3 Å². The largest absolute Gasteiger partial charge is 0.347 e. The Morgan fingerprint density at radius 1 is 1.11 bits per heavy atom. The van der Waals surface area contributed by atoms with E-state index >= 15 is 0 Å². The van der Waals surface area contributed by atoms with E-state index in [1.54, 1.807) is 11.3 Å². The van der Waals surface area contributed by atoms with Gasteiger partial charge in [-0.15, -0.1) is 10.2 Å². The van der Waals surface area contributed by atoms with Gasteiger partial charge in [-0.2, -0.15) is 0 Å². The lowest BCUT2D eigenvalue weighted by Crippen LogP contribution is -2.23. The molecule has 0 aliphatic rings. The molecule has 3 nitrogen and oxygen atoms in total. The molecule has 96 valence electrons. The summed E-state index contributed by atoms with van der Waals surface area (Å²) in [5, 5.41) is 10.6. The maximum atomic E-state index is 4.31. The average molecular weight is 261 g/mol. The number of hydrogen-bond acceptors (Lipinski definition) is 4. The van der Waals surface area contributed by atoms with Crippen molar-refractivity contribution in [2.24, 2.45) is 0 Å². The van der Waals surface area contributed by atoms with Gasteiger partial charge in [0.15, 0.2) is 0 Å². The lowest BCUT2D eigenvalue weighted by Gasteiger charge is -2.18. The first kappa shape index (κ1) is 13.0. The number of anilines is 1. The van der Waals surface area contributed by atoms with E-state index in [1.807, 2.05) is 18.2 Å². The number of aromatic nitrogens is 2. The van der Waals surface area contributed by atoms with Crippen LogP contribution < -0.4 is 4.90 Å². The molecule has 0 fully saturated rings. The lowest BCUT2D eigenvalue weighted by atomic mass is 10.2. The van der Waals surface area contributed by atoms with Gasteiger partial charge in [0.2, 0.25) is 5.13 Å². The third kappa shape index (κ3) is 3.07. The number of nitrogens with zero attached hydrogens (tertiary/aromatic N) is 3. The fourth-order valence-electron chi connectivity index (χ4n) is 1.78. The van der Waals surface area contributed by atoms with E-state index in [0.717, 1.165) is 28.8 Å². The molecule has 0 radical (unpaired) electrons. The Bertz CT molecular complexity index is 467. The van der Waals surface area contributed by atoms with Gasteiger partial charge in [0.25, 0.3) is 0 Å². The fourth-order valence-corrected chi connectivity index (χ4v) is 2.72. The highest BCUT2D eigenvalue weighted by Crippen LogP contribution is 2.28. The zero-order valence-electron chi connectivity index (χ0n) is 11.0. The topological polar surface area (TPSA) is 29.0 Å². The highest BCUT2D eigenvalue weighted by Gasteiger charge is 2.11. The molecule has 1 aromatic carbocycles. The smallest absolute Gasteiger partial charge is 0.208 e. The highest BCUT2D eigenvalue weighted by atomic mass is 32.1. The summed E-state index contributed by atoms with van der Waals surface area (Å²) in [4.78, 5) is 2.30. The van der Waals surface area contributed by atoms with Crippen molar-refractivity contribution < 1.29 is 0 Å². The van der Waals surface area contributed by atoms with Crippen LogP contribution >= 0.6 is 11.3 Å². The highest BCUT2D eigenvalue weighted by molar-refractivity contribution is 7.18. The molecule has 1 aromatic heterocycles. The minimum Gasteiger partial charge on any atom is -0.347 e. The second-order valence-corrected chi connectivity index (χ2v) is 5.15. The summed E-state index contributed by atoms with van der Waals surface area (Å²) in [5.74, 6) is 0. The molecule has 0 bridgehead atoms. The van der Waals surface area contributed by atoms with Crippen LogP contribution in [-0.4, -0.2) is 23.3 Å². The zero-order chi connectivity index (χ0) is 12.8. The van der Waals surface area contributed by atoms with Gasteiger partial charge in [0, 0.05) is 18.7 Å². The Balaban J connectivity index is 2.14. The minimum atomic E-state index is 0.990. The Hall–Kier alpha value is -1.42. The van der Waals surface area contributed by atoms with Crippen LogP contribution in [0, 0.1) is 0 Å². The summed E-state index contributed by atoms with van der Waals surface area (Å²) >= 11 is 1.67. The van der Waals surface area contributed by atoms with Crippen LogP contribution in [0.2, 0.25) is 0 Å². The normalized spacial score (nSPS) is 10.6. The Labute approximate surface area is 112 Å². The van der Waals surface area contributed by atoms with E-state index in [4.69, 9.17) is 0 Å². The Morgan fingerprint density at radius 2 is 1.89 bits per heavy atom. The van der Waals surface area contributed by atoms with Crippen molar-refractivity contribution in [1.29, 1.82) is 0 Å². The van der Waals surface area contributed by atoms with Crippen LogP contribution in [0.1, 0.15) is 26.7 Å². The summed E-state index contributed by atoms with van der Waals surface area (Å²) < 4.78 is 0. The third-order valence-corrected chi connectivity index (χ3v) is 3.90. The van der Waals surface area contributed by atoms with Crippen molar-refractivity contribution in [3.05, 3.63) is 30.3 Å². The van der Waals surface area contributed by atoms with Crippen molar-refractivity contribution in [2.45, 2.75) is 26.7 Å². The van der Waals surface area contributed by atoms with Crippen LogP contribution in [0.25, 0.3) is 10.6 Å². The molecular formula is C14H19N3S. The van der Waals surface area contributed by atoms with Crippen LogP contribution in [0.15, 0.2) is 30.3 Å². The molecule has 18 heavy (non-hydrogen) atoms. The minimum absolute atomic E-state index is 0.990. The van der Waals surface area contributed by atoms with Crippen molar-refractivity contribution in [3.8, 4) is 10.6 Å². The summed E-state index contributed by atoms with van der Waals surface area (Å²) in [6.07, 6.45) is 2.41. The molecule has 1 heterocycles. The van der Waals surface area contributed by atoms with Crippen LogP contribution in [0.5, 0.6) is 0 Å². The SMILES string of the molecule is CCCCN(CC)c1nnc(-c2ccccc2)s1. The first-order chi connectivity index (χ1) is 8.85. The first-order valence-corrected chi connectivity index (χ1v) is 7.30. The van der Waals surface area contributed by atoms with E-state index in [1.165, 1.54) is 12.8 Å². The molecule has 2 aromatic rings. The quantitative estimate of drug-likeness (QED) is 0.791. The van der Waals surface area contributed by atoms with Gasteiger partial charge in [-0.3, -0.25) is 0 Å². The fraction of sp³-hybridized carbons (Fsp3) is 0.429. The van der Waals surface area contributed by atoms with Crippen LogP contribution in [0.3, 0.4) is 0 Å². The second kappa shape index (κ2) is 6.50. The van der Waals surface area contributed by atoms with Gasteiger partial charge in [0.1, 0.15) is 5.01 Å². The molecule has 0 atom stereocenters. The average Bonchev–Trinajstić information content (AvgIpc) is 2.90. The van der Waals surface area contributed by atoms with Crippen molar-refractivity contribution in [2.75, 3.05) is 18.0 Å². The zero-order valence-corrected chi connectivity index (χ0v) is 11.8. The monoisotopic (exact) mass is 261 g/mol. The summed E-state index contributed by atoms with van der Waals surface area (Å²) in [6, 6.07) is 10.2. The van der Waals surface area contributed by atoms with Crippen LogP contribution in [0.4, 0.5) is 5.13 Å². The first-order valence-electron chi connectivity index (χ1n) is 6.49. The van der Waals surface area contributed by atoms with E-state index in [-0.39, 0.29) is 0 Å². The molecule has 0 aliphatic heterocycles. The Morgan fingerprint density at radius 3 is 2.56 bits per heavy atom. The lowest BCUT2D eigenvalue weighted by molar-refractivity contribution is 0.726. The van der Waals surface area contributed by atoms with Gasteiger partial charge < -0.3 is 4.90 Å². The molecule has 0 aliphatic carbocycles. The standard InChI is InChI=1S/C14H19N3S/c1-3-5-11-17(4-2)14-16-15-13(18-14)12-9-7-6-8-10-12/h6-10H,3-5,11H2,1-2H3. The van der Waals surface area contributed by atoms with Gasteiger partial charge in [-0.1, -0.05) is 55.0 Å². The summed E-state index contributed by atoms with van der Waals surface area (Å²) in [7, 11) is 0. The van der Waals surface area contributed by atoms with Crippen LogP contribution in [-0.2, 0) is 0 Å². The molecule has 4 heteroatoms. The predicted molar refractivity (Wildman–Crippen MR) is 78.1 cm³/mol. The van der Waals surface area contributed by atoms with Gasteiger partial charge in [0.05, 0.1) is 0 Å². The predicted octanol–water partition coefficient (Wildman–Crippen LogP) is 3.83. The van der Waals surface area contributed by atoms with Crippen molar-refractivity contribution in [3.63, 3.8) is 0 Å². The molecular weight excluding hydrogens is 242 g/mol. The molecule has 0 spiro atoms. The summed E-state index contributed by atoms with van der Waals surface area (Å²) in [6.45, 7) is 6.43. The van der Waals surface area contributed by atoms with E-state index in [9.17, 15) is 0 Å². The van der Waals surface area contributed by atoms with Crippen molar-refractivity contribution >= 4 is 16.5 Å².